The van der Waals surface area contributed by atoms with Gasteiger partial charge < -0.3 is 5.32 Å². The van der Waals surface area contributed by atoms with Crippen LogP contribution in [0.15, 0.2) is 16.8 Å². The van der Waals surface area contributed by atoms with Crippen molar-refractivity contribution in [1.29, 1.82) is 0 Å². The number of nitrogens with zero attached hydrogens (tertiary/aromatic N) is 2. The number of aromatic nitrogens is 2. The van der Waals surface area contributed by atoms with Gasteiger partial charge in [0.1, 0.15) is 0 Å². The van der Waals surface area contributed by atoms with Gasteiger partial charge in [-0.1, -0.05) is 25.4 Å². The Morgan fingerprint density at radius 2 is 2.20 bits per heavy atom. The van der Waals surface area contributed by atoms with E-state index in [1.807, 2.05) is 4.68 Å². The highest BCUT2D eigenvalue weighted by atomic mass is 35.5. The molecule has 2 heterocycles. The normalized spacial score (nSPS) is 12.8. The van der Waals surface area contributed by atoms with Crippen molar-refractivity contribution in [2.45, 2.75) is 46.2 Å². The van der Waals surface area contributed by atoms with E-state index in [2.05, 4.69) is 48.0 Å². The average molecular weight is 312 g/mol. The molecule has 0 aliphatic rings. The number of thiophene rings is 1. The average Bonchev–Trinajstić information content (AvgIpc) is 3.07. The third-order valence-electron chi connectivity index (χ3n) is 3.49. The molecule has 1 atom stereocenters. The van der Waals surface area contributed by atoms with E-state index >= 15 is 0 Å². The Bertz CT molecular complexity index is 534. The maximum atomic E-state index is 6.51. The number of rotatable bonds is 7. The van der Waals surface area contributed by atoms with Crippen molar-refractivity contribution in [2.75, 3.05) is 6.54 Å². The van der Waals surface area contributed by atoms with Crippen molar-refractivity contribution in [1.82, 2.24) is 15.1 Å². The first kappa shape index (κ1) is 15.5. The zero-order chi connectivity index (χ0) is 14.5. The van der Waals surface area contributed by atoms with Gasteiger partial charge in [0.15, 0.2) is 0 Å². The molecular weight excluding hydrogens is 290 g/mol. The molecule has 110 valence electrons. The Morgan fingerprint density at radius 3 is 2.75 bits per heavy atom. The minimum absolute atomic E-state index is 0.301. The zero-order valence-electron chi connectivity index (χ0n) is 12.3. The van der Waals surface area contributed by atoms with Crippen LogP contribution in [-0.4, -0.2) is 16.3 Å². The fourth-order valence-corrected chi connectivity index (χ4v) is 3.49. The van der Waals surface area contributed by atoms with E-state index in [1.54, 1.807) is 11.3 Å². The van der Waals surface area contributed by atoms with Crippen LogP contribution in [0.1, 0.15) is 43.8 Å². The quantitative estimate of drug-likeness (QED) is 0.835. The van der Waals surface area contributed by atoms with Gasteiger partial charge in [-0.05, 0) is 42.3 Å². The summed E-state index contributed by atoms with van der Waals surface area (Å²) in [4.78, 5) is 0. The molecule has 0 saturated heterocycles. The van der Waals surface area contributed by atoms with Gasteiger partial charge in [-0.2, -0.15) is 16.4 Å². The van der Waals surface area contributed by atoms with Gasteiger partial charge in [-0.25, -0.2) is 0 Å². The van der Waals surface area contributed by atoms with Crippen LogP contribution in [0, 0.1) is 0 Å². The molecule has 0 aromatic carbocycles. The molecule has 0 saturated carbocycles. The zero-order valence-corrected chi connectivity index (χ0v) is 13.9. The molecule has 0 amide bonds. The Balaban J connectivity index is 2.28. The van der Waals surface area contributed by atoms with Crippen LogP contribution < -0.4 is 5.32 Å². The summed E-state index contributed by atoms with van der Waals surface area (Å²) in [6.45, 7) is 8.14. The minimum atomic E-state index is 0.301. The first-order valence-corrected chi connectivity index (χ1v) is 8.52. The van der Waals surface area contributed by atoms with Crippen molar-refractivity contribution in [2.24, 2.45) is 0 Å². The van der Waals surface area contributed by atoms with Gasteiger partial charge in [-0.15, -0.1) is 0 Å². The summed E-state index contributed by atoms with van der Waals surface area (Å²) in [6.07, 6.45) is 1.76. The van der Waals surface area contributed by atoms with Crippen molar-refractivity contribution in [3.63, 3.8) is 0 Å². The highest BCUT2D eigenvalue weighted by molar-refractivity contribution is 7.07. The van der Waals surface area contributed by atoms with Crippen LogP contribution in [0.3, 0.4) is 0 Å². The van der Waals surface area contributed by atoms with Gasteiger partial charge >= 0.3 is 0 Å². The van der Waals surface area contributed by atoms with Gasteiger partial charge in [0.05, 0.1) is 16.4 Å². The lowest BCUT2D eigenvalue weighted by atomic mass is 10.0. The predicted molar refractivity (Wildman–Crippen MR) is 86.7 cm³/mol. The van der Waals surface area contributed by atoms with E-state index in [0.29, 0.717) is 6.04 Å². The lowest BCUT2D eigenvalue weighted by Gasteiger charge is -2.17. The number of nitrogens with one attached hydrogen (secondary N) is 1. The van der Waals surface area contributed by atoms with Crippen LogP contribution in [0.4, 0.5) is 0 Å². The Labute approximate surface area is 130 Å². The van der Waals surface area contributed by atoms with E-state index in [1.165, 1.54) is 5.56 Å². The second-order valence-corrected chi connectivity index (χ2v) is 5.91. The first-order chi connectivity index (χ1) is 9.71. The summed E-state index contributed by atoms with van der Waals surface area (Å²) < 4.78 is 2.04. The van der Waals surface area contributed by atoms with Gasteiger partial charge in [0.2, 0.25) is 0 Å². The van der Waals surface area contributed by atoms with Crippen molar-refractivity contribution < 1.29 is 0 Å². The van der Waals surface area contributed by atoms with E-state index in [0.717, 1.165) is 42.3 Å². The number of hydrogen-bond acceptors (Lipinski definition) is 3. The molecule has 2 aromatic heterocycles. The van der Waals surface area contributed by atoms with Crippen molar-refractivity contribution in [3.05, 3.63) is 38.8 Å². The van der Waals surface area contributed by atoms with Gasteiger partial charge in [0.25, 0.3) is 0 Å². The molecule has 0 spiro atoms. The van der Waals surface area contributed by atoms with Crippen molar-refractivity contribution in [3.8, 4) is 0 Å². The number of likely N-dealkylation sites (N-methyl/N-ethyl adjacent to an activating group) is 1. The van der Waals surface area contributed by atoms with Crippen LogP contribution in [0.5, 0.6) is 0 Å². The maximum absolute atomic E-state index is 6.51. The lowest BCUT2D eigenvalue weighted by molar-refractivity contribution is 0.517. The third kappa shape index (κ3) is 3.25. The maximum Gasteiger partial charge on any atom is 0.0850 e. The predicted octanol–water partition coefficient (Wildman–Crippen LogP) is 4.07. The summed E-state index contributed by atoms with van der Waals surface area (Å²) in [7, 11) is 0. The van der Waals surface area contributed by atoms with Crippen LogP contribution in [0.2, 0.25) is 5.02 Å². The molecule has 0 fully saturated rings. The molecule has 0 bridgehead atoms. The van der Waals surface area contributed by atoms with Gasteiger partial charge in [-0.3, -0.25) is 4.68 Å². The number of hydrogen-bond donors (Lipinski definition) is 1. The second-order valence-electron chi connectivity index (χ2n) is 4.75. The van der Waals surface area contributed by atoms with E-state index < -0.39 is 0 Å². The summed E-state index contributed by atoms with van der Waals surface area (Å²) in [5, 5.41) is 13.3. The SMILES string of the molecule is CCNC(Cc1c(Cl)c(CC)nn1CC)c1ccsc1. The monoisotopic (exact) mass is 311 g/mol. The topological polar surface area (TPSA) is 29.9 Å². The first-order valence-electron chi connectivity index (χ1n) is 7.20. The number of halogens is 1. The fraction of sp³-hybridized carbons (Fsp3) is 0.533. The van der Waals surface area contributed by atoms with E-state index in [9.17, 15) is 0 Å². The van der Waals surface area contributed by atoms with Crippen molar-refractivity contribution >= 4 is 22.9 Å². The molecule has 3 nitrogen and oxygen atoms in total. The summed E-state index contributed by atoms with van der Waals surface area (Å²) >= 11 is 8.24. The third-order valence-corrected chi connectivity index (χ3v) is 4.63. The van der Waals surface area contributed by atoms with Crippen LogP contribution in [-0.2, 0) is 19.4 Å². The lowest BCUT2D eigenvalue weighted by Crippen LogP contribution is -2.23. The molecule has 1 N–H and O–H groups in total. The summed E-state index contributed by atoms with van der Waals surface area (Å²) in [6, 6.07) is 2.48. The molecule has 20 heavy (non-hydrogen) atoms. The smallest absolute Gasteiger partial charge is 0.0850 e. The standard InChI is InChI=1S/C15H22ClN3S/c1-4-12-15(16)14(19(6-3)18-12)9-13(17-5-2)11-7-8-20-10-11/h7-8,10,13,17H,4-6,9H2,1-3H3. The Morgan fingerprint density at radius 1 is 1.40 bits per heavy atom. The van der Waals surface area contributed by atoms with E-state index in [-0.39, 0.29) is 0 Å². The second kappa shape index (κ2) is 7.25. The molecule has 5 heteroatoms. The summed E-state index contributed by atoms with van der Waals surface area (Å²) in [5.74, 6) is 0. The van der Waals surface area contributed by atoms with Crippen LogP contribution in [0.25, 0.3) is 0 Å². The fourth-order valence-electron chi connectivity index (χ4n) is 2.43. The largest absolute Gasteiger partial charge is 0.310 e. The molecule has 2 aromatic rings. The van der Waals surface area contributed by atoms with Gasteiger partial charge in [0, 0.05) is 19.0 Å². The highest BCUT2D eigenvalue weighted by Gasteiger charge is 2.19. The molecule has 0 aliphatic heterocycles. The molecule has 2 rings (SSSR count). The van der Waals surface area contributed by atoms with Crippen LogP contribution >= 0.6 is 22.9 Å². The van der Waals surface area contributed by atoms with E-state index in [4.69, 9.17) is 11.6 Å². The molecule has 1 unspecified atom stereocenters. The number of aryl methyl sites for hydroxylation is 2. The summed E-state index contributed by atoms with van der Waals surface area (Å²) in [5.41, 5.74) is 3.47. The molecule has 0 aliphatic carbocycles. The molecule has 0 radical (unpaired) electrons. The Kier molecular flexibility index (Phi) is 5.64. The highest BCUT2D eigenvalue weighted by Crippen LogP contribution is 2.27. The Hall–Kier alpha value is -0.840. The minimum Gasteiger partial charge on any atom is -0.310 e. The molecular formula is C15H22ClN3S.